The molecule has 0 bridgehead atoms. The van der Waals surface area contributed by atoms with Crippen molar-refractivity contribution in [2.45, 2.75) is 32.9 Å². The van der Waals surface area contributed by atoms with Crippen LogP contribution in [0.3, 0.4) is 0 Å². The van der Waals surface area contributed by atoms with E-state index in [1.165, 1.54) is 7.11 Å². The van der Waals surface area contributed by atoms with E-state index in [0.717, 1.165) is 12.2 Å². The van der Waals surface area contributed by atoms with Crippen molar-refractivity contribution in [1.82, 2.24) is 14.9 Å². The summed E-state index contributed by atoms with van der Waals surface area (Å²) in [4.78, 5) is 15.0. The Bertz CT molecular complexity index is 334. The maximum Gasteiger partial charge on any atom is 0.306 e. The summed E-state index contributed by atoms with van der Waals surface area (Å²) in [7, 11) is 1.40. The lowest BCUT2D eigenvalue weighted by Crippen LogP contribution is -2.20. The predicted octanol–water partition coefficient (Wildman–Crippen LogP) is 1.12. The van der Waals surface area contributed by atoms with Gasteiger partial charge >= 0.3 is 5.97 Å². The van der Waals surface area contributed by atoms with Gasteiger partial charge in [-0.1, -0.05) is 0 Å². The van der Waals surface area contributed by atoms with Crippen LogP contribution in [0.15, 0.2) is 12.5 Å². The van der Waals surface area contributed by atoms with Gasteiger partial charge in [-0.05, 0) is 13.8 Å². The number of hydrogen-bond acceptors (Lipinski definition) is 4. The Hall–Kier alpha value is -1.36. The summed E-state index contributed by atoms with van der Waals surface area (Å²) in [6.45, 7) is 5.56. The van der Waals surface area contributed by atoms with Gasteiger partial charge in [-0.25, -0.2) is 4.98 Å². The second kappa shape index (κ2) is 6.27. The zero-order valence-electron chi connectivity index (χ0n) is 10.1. The number of imidazole rings is 1. The first kappa shape index (κ1) is 12.7. The Morgan fingerprint density at radius 1 is 1.62 bits per heavy atom. The fourth-order valence-corrected chi connectivity index (χ4v) is 1.44. The van der Waals surface area contributed by atoms with Gasteiger partial charge in [-0.3, -0.25) is 4.79 Å². The molecule has 1 rings (SSSR count). The lowest BCUT2D eigenvalue weighted by Gasteiger charge is -2.11. The van der Waals surface area contributed by atoms with Crippen LogP contribution in [-0.4, -0.2) is 29.2 Å². The summed E-state index contributed by atoms with van der Waals surface area (Å²) >= 11 is 0. The summed E-state index contributed by atoms with van der Waals surface area (Å²) in [6.07, 6.45) is 4.06. The molecule has 0 atom stereocenters. The largest absolute Gasteiger partial charge is 0.469 e. The van der Waals surface area contributed by atoms with Gasteiger partial charge in [0, 0.05) is 25.3 Å². The molecule has 0 radical (unpaired) electrons. The SMILES string of the molecule is COC(=O)CCNCc1cncn1C(C)C. The smallest absolute Gasteiger partial charge is 0.306 e. The average molecular weight is 225 g/mol. The number of rotatable bonds is 6. The highest BCUT2D eigenvalue weighted by Crippen LogP contribution is 2.08. The minimum absolute atomic E-state index is 0.190. The van der Waals surface area contributed by atoms with E-state index in [1.807, 2.05) is 12.5 Å². The lowest BCUT2D eigenvalue weighted by atomic mass is 10.3. The summed E-state index contributed by atoms with van der Waals surface area (Å²) < 4.78 is 6.66. The molecule has 1 aromatic rings. The van der Waals surface area contributed by atoms with Crippen LogP contribution in [0.1, 0.15) is 32.0 Å². The highest BCUT2D eigenvalue weighted by molar-refractivity contribution is 5.69. The van der Waals surface area contributed by atoms with Crippen LogP contribution in [0, 0.1) is 0 Å². The molecule has 0 unspecified atom stereocenters. The molecule has 1 heterocycles. The molecule has 0 aliphatic rings. The predicted molar refractivity (Wildman–Crippen MR) is 61.0 cm³/mol. The summed E-state index contributed by atoms with van der Waals surface area (Å²) in [5.41, 5.74) is 1.12. The summed E-state index contributed by atoms with van der Waals surface area (Å²) in [5.74, 6) is -0.190. The van der Waals surface area contributed by atoms with Crippen LogP contribution < -0.4 is 5.32 Å². The molecule has 0 aliphatic heterocycles. The van der Waals surface area contributed by atoms with Gasteiger partial charge in [0.05, 0.1) is 25.6 Å². The molecule has 0 saturated carbocycles. The van der Waals surface area contributed by atoms with Crippen molar-refractivity contribution in [3.05, 3.63) is 18.2 Å². The van der Waals surface area contributed by atoms with Crippen LogP contribution in [0.5, 0.6) is 0 Å². The molecular formula is C11H19N3O2. The van der Waals surface area contributed by atoms with Crippen LogP contribution in [-0.2, 0) is 16.1 Å². The number of aromatic nitrogens is 2. The van der Waals surface area contributed by atoms with Crippen LogP contribution in [0.2, 0.25) is 0 Å². The van der Waals surface area contributed by atoms with Crippen LogP contribution in [0.4, 0.5) is 0 Å². The molecule has 0 spiro atoms. The molecule has 5 nitrogen and oxygen atoms in total. The Labute approximate surface area is 95.8 Å². The van der Waals surface area contributed by atoms with Crippen molar-refractivity contribution in [2.75, 3.05) is 13.7 Å². The summed E-state index contributed by atoms with van der Waals surface area (Å²) in [6, 6.07) is 0.403. The van der Waals surface area contributed by atoms with Crippen molar-refractivity contribution < 1.29 is 9.53 Å². The molecule has 1 aromatic heterocycles. The van der Waals surface area contributed by atoms with Crippen LogP contribution in [0.25, 0.3) is 0 Å². The number of esters is 1. The Balaban J connectivity index is 2.32. The quantitative estimate of drug-likeness (QED) is 0.582. The van der Waals surface area contributed by atoms with E-state index in [4.69, 9.17) is 0 Å². The van der Waals surface area contributed by atoms with E-state index in [2.05, 4.69) is 33.5 Å². The van der Waals surface area contributed by atoms with Gasteiger partial charge in [-0.2, -0.15) is 0 Å². The first-order valence-electron chi connectivity index (χ1n) is 5.43. The number of hydrogen-bond donors (Lipinski definition) is 1. The molecule has 1 N–H and O–H groups in total. The lowest BCUT2D eigenvalue weighted by molar-refractivity contribution is -0.140. The van der Waals surface area contributed by atoms with Crippen molar-refractivity contribution in [1.29, 1.82) is 0 Å². The third kappa shape index (κ3) is 3.66. The zero-order chi connectivity index (χ0) is 12.0. The number of nitrogens with zero attached hydrogens (tertiary/aromatic N) is 2. The molecule has 90 valence electrons. The van der Waals surface area contributed by atoms with Gasteiger partial charge in [0.25, 0.3) is 0 Å². The third-order valence-corrected chi connectivity index (χ3v) is 2.34. The molecular weight excluding hydrogens is 206 g/mol. The monoisotopic (exact) mass is 225 g/mol. The van der Waals surface area contributed by atoms with Gasteiger partial charge in [0.1, 0.15) is 0 Å². The van der Waals surface area contributed by atoms with Crippen molar-refractivity contribution in [3.8, 4) is 0 Å². The molecule has 0 aromatic carbocycles. The van der Waals surface area contributed by atoms with Crippen molar-refractivity contribution >= 4 is 5.97 Å². The Morgan fingerprint density at radius 3 is 3.00 bits per heavy atom. The van der Waals surface area contributed by atoms with Crippen LogP contribution >= 0.6 is 0 Å². The first-order chi connectivity index (χ1) is 7.65. The minimum Gasteiger partial charge on any atom is -0.469 e. The van der Waals surface area contributed by atoms with Gasteiger partial charge in [0.2, 0.25) is 0 Å². The Kier molecular flexibility index (Phi) is 4.98. The van der Waals surface area contributed by atoms with E-state index in [9.17, 15) is 4.79 Å². The van der Waals surface area contributed by atoms with Gasteiger partial charge in [-0.15, -0.1) is 0 Å². The minimum atomic E-state index is -0.190. The standard InChI is InChI=1S/C11H19N3O2/c1-9(2)14-8-13-7-10(14)6-12-5-4-11(15)16-3/h7-9,12H,4-6H2,1-3H3. The fourth-order valence-electron chi connectivity index (χ4n) is 1.44. The summed E-state index contributed by atoms with van der Waals surface area (Å²) in [5, 5.41) is 3.19. The van der Waals surface area contributed by atoms with Gasteiger partial charge in [0.15, 0.2) is 0 Å². The van der Waals surface area contributed by atoms with Crippen molar-refractivity contribution in [2.24, 2.45) is 0 Å². The molecule has 0 fully saturated rings. The van der Waals surface area contributed by atoms with E-state index in [0.29, 0.717) is 19.0 Å². The molecule has 0 saturated heterocycles. The van der Waals surface area contributed by atoms with Gasteiger partial charge < -0.3 is 14.6 Å². The molecule has 16 heavy (non-hydrogen) atoms. The third-order valence-electron chi connectivity index (χ3n) is 2.34. The maximum atomic E-state index is 10.9. The second-order valence-corrected chi connectivity index (χ2v) is 3.89. The number of methoxy groups -OCH3 is 1. The van der Waals surface area contributed by atoms with E-state index < -0.39 is 0 Å². The van der Waals surface area contributed by atoms with E-state index in [1.54, 1.807) is 0 Å². The normalized spacial score (nSPS) is 10.8. The maximum absolute atomic E-state index is 10.9. The van der Waals surface area contributed by atoms with Crippen molar-refractivity contribution in [3.63, 3.8) is 0 Å². The zero-order valence-corrected chi connectivity index (χ0v) is 10.1. The molecule has 5 heteroatoms. The fraction of sp³-hybridized carbons (Fsp3) is 0.636. The topological polar surface area (TPSA) is 56.1 Å². The molecule has 0 amide bonds. The Morgan fingerprint density at radius 2 is 2.38 bits per heavy atom. The second-order valence-electron chi connectivity index (χ2n) is 3.89. The number of carbonyl (C=O) groups is 1. The molecule has 0 aliphatic carbocycles. The van der Waals surface area contributed by atoms with E-state index >= 15 is 0 Å². The van der Waals surface area contributed by atoms with E-state index in [-0.39, 0.29) is 5.97 Å². The number of carbonyl (C=O) groups excluding carboxylic acids is 1. The average Bonchev–Trinajstić information content (AvgIpc) is 2.72. The highest BCUT2D eigenvalue weighted by atomic mass is 16.5. The first-order valence-corrected chi connectivity index (χ1v) is 5.43. The highest BCUT2D eigenvalue weighted by Gasteiger charge is 2.05. The number of nitrogens with one attached hydrogen (secondary N) is 1. The number of ether oxygens (including phenoxy) is 1.